The zero-order valence-corrected chi connectivity index (χ0v) is 14.2. The summed E-state index contributed by atoms with van der Waals surface area (Å²) in [6.45, 7) is 5.99. The fraction of sp³-hybridized carbons (Fsp3) is 0.312. The third kappa shape index (κ3) is 4.61. The second kappa shape index (κ2) is 6.89. The zero-order valence-electron chi connectivity index (χ0n) is 13.3. The third-order valence-electron chi connectivity index (χ3n) is 2.87. The van der Waals surface area contributed by atoms with E-state index in [9.17, 15) is 9.59 Å². The lowest BCUT2D eigenvalue weighted by molar-refractivity contribution is 0.0920. The van der Waals surface area contributed by atoms with E-state index in [1.165, 1.54) is 11.3 Å². The predicted octanol–water partition coefficient (Wildman–Crippen LogP) is 2.38. The monoisotopic (exact) mass is 332 g/mol. The molecule has 0 atom stereocenters. The lowest BCUT2D eigenvalue weighted by atomic mass is 10.1. The van der Waals surface area contributed by atoms with Gasteiger partial charge in [-0.2, -0.15) is 0 Å². The number of nitrogens with zero attached hydrogens (tertiary/aromatic N) is 1. The molecule has 2 amide bonds. The van der Waals surface area contributed by atoms with E-state index in [2.05, 4.69) is 15.6 Å². The molecule has 2 aromatic rings. The van der Waals surface area contributed by atoms with Gasteiger partial charge < -0.3 is 16.4 Å². The number of carbonyl (C=O) groups excluding carboxylic acids is 2. The molecular formula is C16H20N4O2S. The van der Waals surface area contributed by atoms with E-state index >= 15 is 0 Å². The lowest BCUT2D eigenvalue weighted by Gasteiger charge is -2.21. The number of rotatable bonds is 4. The molecule has 2 rings (SSSR count). The van der Waals surface area contributed by atoms with E-state index in [-0.39, 0.29) is 17.4 Å². The molecule has 0 bridgehead atoms. The van der Waals surface area contributed by atoms with E-state index in [1.807, 2.05) is 20.8 Å². The Bertz CT molecular complexity index is 719. The van der Waals surface area contributed by atoms with Crippen LogP contribution in [0.4, 0.5) is 5.69 Å². The van der Waals surface area contributed by atoms with Crippen molar-refractivity contribution in [2.45, 2.75) is 32.9 Å². The Morgan fingerprint density at radius 1 is 1.22 bits per heavy atom. The molecule has 0 radical (unpaired) electrons. The smallest absolute Gasteiger partial charge is 0.275 e. The highest BCUT2D eigenvalue weighted by Crippen LogP contribution is 2.18. The van der Waals surface area contributed by atoms with Crippen molar-refractivity contribution in [1.29, 1.82) is 0 Å². The minimum Gasteiger partial charge on any atom is -0.347 e. The average molecular weight is 332 g/mol. The molecule has 0 aliphatic carbocycles. The van der Waals surface area contributed by atoms with Crippen LogP contribution in [-0.2, 0) is 6.54 Å². The molecule has 4 N–H and O–H groups in total. The summed E-state index contributed by atoms with van der Waals surface area (Å²) in [5.74, 6) is -0.605. The van der Waals surface area contributed by atoms with Crippen molar-refractivity contribution in [3.05, 3.63) is 45.9 Å². The number of nitrogens with one attached hydrogen (secondary N) is 2. The van der Waals surface area contributed by atoms with E-state index in [0.717, 1.165) is 0 Å². The highest BCUT2D eigenvalue weighted by molar-refractivity contribution is 7.09. The van der Waals surface area contributed by atoms with Gasteiger partial charge in [0, 0.05) is 17.5 Å². The second-order valence-electron chi connectivity index (χ2n) is 6.03. The largest absolute Gasteiger partial charge is 0.347 e. The molecule has 1 heterocycles. The van der Waals surface area contributed by atoms with Gasteiger partial charge >= 0.3 is 0 Å². The number of para-hydroxylation sites is 1. The molecule has 0 aliphatic rings. The lowest BCUT2D eigenvalue weighted by Crippen LogP contribution is -2.40. The van der Waals surface area contributed by atoms with Gasteiger partial charge in [-0.1, -0.05) is 12.1 Å². The summed E-state index contributed by atoms with van der Waals surface area (Å²) in [4.78, 5) is 28.8. The summed E-state index contributed by atoms with van der Waals surface area (Å²) in [6, 6.07) is 6.87. The fourth-order valence-corrected chi connectivity index (χ4v) is 2.55. The molecule has 7 heteroatoms. The number of nitrogens with two attached hydrogens (primary N) is 1. The maximum Gasteiger partial charge on any atom is 0.275 e. The van der Waals surface area contributed by atoms with Crippen LogP contribution in [-0.4, -0.2) is 22.3 Å². The maximum atomic E-state index is 12.4. The highest BCUT2D eigenvalue weighted by atomic mass is 32.1. The van der Waals surface area contributed by atoms with Crippen LogP contribution in [0.3, 0.4) is 0 Å². The van der Waals surface area contributed by atoms with Crippen molar-refractivity contribution in [3.8, 4) is 0 Å². The first kappa shape index (κ1) is 17.1. The standard InChI is InChI=1S/C16H20N4O2S/c1-16(2,3)20-14(21)10-6-4-5-7-11(10)19-15(22)12-9-23-13(8-17)18-12/h4-7,9H,8,17H2,1-3H3,(H,19,22)(H,20,21). The summed E-state index contributed by atoms with van der Waals surface area (Å²) >= 11 is 1.33. The number of hydrogen-bond donors (Lipinski definition) is 3. The maximum absolute atomic E-state index is 12.4. The first-order valence-corrected chi connectivity index (χ1v) is 8.05. The van der Waals surface area contributed by atoms with Crippen molar-refractivity contribution in [1.82, 2.24) is 10.3 Å². The minimum absolute atomic E-state index is 0.241. The topological polar surface area (TPSA) is 97.1 Å². The highest BCUT2D eigenvalue weighted by Gasteiger charge is 2.19. The Morgan fingerprint density at radius 3 is 2.52 bits per heavy atom. The summed E-state index contributed by atoms with van der Waals surface area (Å²) in [5, 5.41) is 7.95. The molecule has 1 aromatic carbocycles. The van der Waals surface area contributed by atoms with Gasteiger partial charge in [0.2, 0.25) is 0 Å². The zero-order chi connectivity index (χ0) is 17.0. The quantitative estimate of drug-likeness (QED) is 0.801. The first-order valence-electron chi connectivity index (χ1n) is 7.17. The molecular weight excluding hydrogens is 312 g/mol. The molecule has 23 heavy (non-hydrogen) atoms. The Balaban J connectivity index is 2.20. The number of benzene rings is 1. The molecule has 1 aromatic heterocycles. The summed E-state index contributed by atoms with van der Waals surface area (Å²) in [5.41, 5.74) is 6.29. The number of aromatic nitrogens is 1. The number of thiazole rings is 1. The van der Waals surface area contributed by atoms with Gasteiger partial charge in [-0.15, -0.1) is 11.3 Å². The summed E-state index contributed by atoms with van der Waals surface area (Å²) in [7, 11) is 0. The second-order valence-corrected chi connectivity index (χ2v) is 6.98. The van der Waals surface area contributed by atoms with E-state index in [1.54, 1.807) is 29.6 Å². The van der Waals surface area contributed by atoms with Crippen molar-refractivity contribution in [3.63, 3.8) is 0 Å². The van der Waals surface area contributed by atoms with Crippen LogP contribution >= 0.6 is 11.3 Å². The van der Waals surface area contributed by atoms with Crippen molar-refractivity contribution in [2.75, 3.05) is 5.32 Å². The molecule has 0 fully saturated rings. The normalized spacial score (nSPS) is 11.1. The molecule has 6 nitrogen and oxygen atoms in total. The van der Waals surface area contributed by atoms with Gasteiger partial charge in [0.25, 0.3) is 11.8 Å². The van der Waals surface area contributed by atoms with Crippen LogP contribution in [0.25, 0.3) is 0 Å². The first-order chi connectivity index (χ1) is 10.8. The number of anilines is 1. The Morgan fingerprint density at radius 2 is 1.91 bits per heavy atom. The molecule has 0 saturated carbocycles. The summed E-state index contributed by atoms with van der Waals surface area (Å²) in [6.07, 6.45) is 0. The minimum atomic E-state index is -0.364. The Kier molecular flexibility index (Phi) is 5.12. The van der Waals surface area contributed by atoms with Crippen molar-refractivity contribution < 1.29 is 9.59 Å². The van der Waals surface area contributed by atoms with Gasteiger partial charge in [0.05, 0.1) is 11.3 Å². The average Bonchev–Trinajstić information content (AvgIpc) is 2.95. The molecule has 0 unspecified atom stereocenters. The molecule has 0 aliphatic heterocycles. The van der Waals surface area contributed by atoms with E-state index in [0.29, 0.717) is 28.5 Å². The van der Waals surface area contributed by atoms with Crippen LogP contribution in [0.2, 0.25) is 0 Å². The number of carbonyl (C=O) groups is 2. The van der Waals surface area contributed by atoms with Gasteiger partial charge in [0.1, 0.15) is 10.7 Å². The molecule has 0 spiro atoms. The van der Waals surface area contributed by atoms with Crippen LogP contribution in [0.5, 0.6) is 0 Å². The summed E-state index contributed by atoms with van der Waals surface area (Å²) < 4.78 is 0. The third-order valence-corrected chi connectivity index (χ3v) is 3.74. The van der Waals surface area contributed by atoms with Crippen molar-refractivity contribution >= 4 is 28.8 Å². The Labute approximate surface area is 139 Å². The SMILES string of the molecule is CC(C)(C)NC(=O)c1ccccc1NC(=O)c1csc(CN)n1. The van der Waals surface area contributed by atoms with Crippen LogP contribution < -0.4 is 16.4 Å². The van der Waals surface area contributed by atoms with Crippen LogP contribution in [0.15, 0.2) is 29.6 Å². The van der Waals surface area contributed by atoms with Gasteiger partial charge in [0.15, 0.2) is 0 Å². The number of amides is 2. The van der Waals surface area contributed by atoms with Gasteiger partial charge in [-0.05, 0) is 32.9 Å². The molecule has 0 saturated heterocycles. The number of hydrogen-bond acceptors (Lipinski definition) is 5. The van der Waals surface area contributed by atoms with Crippen molar-refractivity contribution in [2.24, 2.45) is 5.73 Å². The van der Waals surface area contributed by atoms with E-state index in [4.69, 9.17) is 5.73 Å². The van der Waals surface area contributed by atoms with Gasteiger partial charge in [-0.3, -0.25) is 9.59 Å². The van der Waals surface area contributed by atoms with E-state index < -0.39 is 0 Å². The Hall–Kier alpha value is -2.25. The molecule has 122 valence electrons. The fourth-order valence-electron chi connectivity index (χ4n) is 1.89. The van der Waals surface area contributed by atoms with Crippen LogP contribution in [0.1, 0.15) is 46.6 Å². The predicted molar refractivity (Wildman–Crippen MR) is 91.6 cm³/mol. The van der Waals surface area contributed by atoms with Gasteiger partial charge in [-0.25, -0.2) is 4.98 Å². The van der Waals surface area contributed by atoms with Crippen LogP contribution in [0, 0.1) is 0 Å².